The second-order valence-corrected chi connectivity index (χ2v) is 3.96. The Morgan fingerprint density at radius 2 is 2.17 bits per heavy atom. The van der Waals surface area contributed by atoms with Gasteiger partial charge in [0.05, 0.1) is 6.54 Å². The summed E-state index contributed by atoms with van der Waals surface area (Å²) in [5.74, 6) is 0.944. The predicted octanol–water partition coefficient (Wildman–Crippen LogP) is 1.87. The average molecular weight is 245 g/mol. The Balaban J connectivity index is 1.98. The molecule has 1 aromatic heterocycles. The fourth-order valence-corrected chi connectivity index (χ4v) is 1.59. The minimum absolute atomic E-state index is 0.129. The van der Waals surface area contributed by atoms with Gasteiger partial charge in [-0.25, -0.2) is 0 Å². The van der Waals surface area contributed by atoms with Crippen LogP contribution in [-0.4, -0.2) is 16.0 Å². The van der Waals surface area contributed by atoms with Crippen LogP contribution >= 0.6 is 0 Å². The van der Waals surface area contributed by atoms with Gasteiger partial charge in [0, 0.05) is 12.0 Å². The molecule has 1 aromatic carbocycles. The largest absolute Gasteiger partial charge is 0.345 e. The van der Waals surface area contributed by atoms with Crippen molar-refractivity contribution in [2.45, 2.75) is 26.8 Å². The summed E-state index contributed by atoms with van der Waals surface area (Å²) in [4.78, 5) is 16.0. The Labute approximate surface area is 105 Å². The minimum Gasteiger partial charge on any atom is -0.345 e. The average Bonchev–Trinajstić information content (AvgIpc) is 2.84. The van der Waals surface area contributed by atoms with Gasteiger partial charge in [0.2, 0.25) is 5.89 Å². The Bertz CT molecular complexity index is 549. The summed E-state index contributed by atoms with van der Waals surface area (Å²) in [5.41, 5.74) is 1.61. The molecule has 1 heterocycles. The highest BCUT2D eigenvalue weighted by atomic mass is 16.5. The monoisotopic (exact) mass is 245 g/mol. The van der Waals surface area contributed by atoms with Crippen LogP contribution in [0.5, 0.6) is 0 Å². The summed E-state index contributed by atoms with van der Waals surface area (Å²) < 4.78 is 4.96. The normalized spacial score (nSPS) is 10.3. The molecule has 0 fully saturated rings. The predicted molar refractivity (Wildman–Crippen MR) is 66.0 cm³/mol. The molecule has 0 atom stereocenters. The summed E-state index contributed by atoms with van der Waals surface area (Å²) in [6.07, 6.45) is 0.693. The van der Waals surface area contributed by atoms with Crippen LogP contribution in [0.2, 0.25) is 0 Å². The minimum atomic E-state index is -0.129. The highest BCUT2D eigenvalue weighted by molar-refractivity contribution is 5.95. The van der Waals surface area contributed by atoms with Crippen LogP contribution in [0.15, 0.2) is 28.8 Å². The number of nitrogens with one attached hydrogen (secondary N) is 1. The molecule has 0 aliphatic rings. The van der Waals surface area contributed by atoms with Gasteiger partial charge in [0.15, 0.2) is 5.82 Å². The van der Waals surface area contributed by atoms with Gasteiger partial charge in [0.25, 0.3) is 5.91 Å². The van der Waals surface area contributed by atoms with Gasteiger partial charge in [-0.05, 0) is 18.6 Å². The molecular weight excluding hydrogens is 230 g/mol. The third-order valence-electron chi connectivity index (χ3n) is 2.61. The van der Waals surface area contributed by atoms with Gasteiger partial charge in [0.1, 0.15) is 0 Å². The van der Waals surface area contributed by atoms with E-state index in [0.717, 1.165) is 5.56 Å². The first-order chi connectivity index (χ1) is 8.70. The Morgan fingerprint density at radius 3 is 2.83 bits per heavy atom. The molecule has 0 aliphatic carbocycles. The lowest BCUT2D eigenvalue weighted by Crippen LogP contribution is -2.24. The van der Waals surface area contributed by atoms with Crippen molar-refractivity contribution in [3.05, 3.63) is 47.1 Å². The lowest BCUT2D eigenvalue weighted by Gasteiger charge is -2.05. The Hall–Kier alpha value is -2.17. The summed E-state index contributed by atoms with van der Waals surface area (Å²) in [5, 5.41) is 6.54. The molecule has 0 unspecified atom stereocenters. The van der Waals surface area contributed by atoms with E-state index in [-0.39, 0.29) is 12.5 Å². The van der Waals surface area contributed by atoms with Crippen molar-refractivity contribution < 1.29 is 9.32 Å². The molecule has 1 N–H and O–H groups in total. The van der Waals surface area contributed by atoms with Gasteiger partial charge in [-0.15, -0.1) is 0 Å². The first-order valence-corrected chi connectivity index (χ1v) is 5.86. The number of hydrogen-bond donors (Lipinski definition) is 1. The van der Waals surface area contributed by atoms with E-state index >= 15 is 0 Å². The van der Waals surface area contributed by atoms with Gasteiger partial charge < -0.3 is 9.84 Å². The van der Waals surface area contributed by atoms with Crippen molar-refractivity contribution in [2.75, 3.05) is 0 Å². The zero-order chi connectivity index (χ0) is 13.0. The number of carbonyl (C=O) groups is 1. The number of rotatable bonds is 4. The molecule has 1 amide bonds. The molecular formula is C13H15N3O2. The summed E-state index contributed by atoms with van der Waals surface area (Å²) in [6.45, 7) is 4.11. The number of aryl methyl sites for hydroxylation is 2. The molecule has 0 radical (unpaired) electrons. The van der Waals surface area contributed by atoms with E-state index in [0.29, 0.717) is 23.7 Å². The Morgan fingerprint density at radius 1 is 1.39 bits per heavy atom. The van der Waals surface area contributed by atoms with Crippen LogP contribution in [0.1, 0.15) is 34.6 Å². The van der Waals surface area contributed by atoms with E-state index in [1.807, 2.05) is 32.0 Å². The standard InChI is InChI=1S/C13H15N3O2/c1-3-12-15-11(16-18-12)8-14-13(17)10-7-5-4-6-9(10)2/h4-7H,3,8H2,1-2H3,(H,14,17). The van der Waals surface area contributed by atoms with Crippen LogP contribution in [0.25, 0.3) is 0 Å². The molecule has 18 heavy (non-hydrogen) atoms. The number of hydrogen-bond acceptors (Lipinski definition) is 4. The van der Waals surface area contributed by atoms with Gasteiger partial charge >= 0.3 is 0 Å². The first kappa shape index (κ1) is 12.3. The van der Waals surface area contributed by atoms with Crippen LogP contribution in [-0.2, 0) is 13.0 Å². The second-order valence-electron chi connectivity index (χ2n) is 3.96. The van der Waals surface area contributed by atoms with E-state index in [1.165, 1.54) is 0 Å². The third kappa shape index (κ3) is 2.74. The summed E-state index contributed by atoms with van der Waals surface area (Å²) in [6, 6.07) is 7.43. The van der Waals surface area contributed by atoms with Crippen molar-refractivity contribution in [3.8, 4) is 0 Å². The van der Waals surface area contributed by atoms with Crippen LogP contribution < -0.4 is 5.32 Å². The molecule has 0 saturated heterocycles. The van der Waals surface area contributed by atoms with Crippen molar-refractivity contribution in [3.63, 3.8) is 0 Å². The molecule has 2 rings (SSSR count). The van der Waals surface area contributed by atoms with Gasteiger partial charge in [-0.3, -0.25) is 4.79 Å². The number of nitrogens with zero attached hydrogens (tertiary/aromatic N) is 2. The van der Waals surface area contributed by atoms with Crippen LogP contribution in [0.4, 0.5) is 0 Å². The van der Waals surface area contributed by atoms with E-state index in [9.17, 15) is 4.79 Å². The fraction of sp³-hybridized carbons (Fsp3) is 0.308. The van der Waals surface area contributed by atoms with E-state index in [2.05, 4.69) is 15.5 Å². The van der Waals surface area contributed by atoms with Crippen LogP contribution in [0.3, 0.4) is 0 Å². The number of benzene rings is 1. The number of amides is 1. The van der Waals surface area contributed by atoms with Gasteiger partial charge in [-0.1, -0.05) is 30.3 Å². The van der Waals surface area contributed by atoms with E-state index in [1.54, 1.807) is 6.07 Å². The topological polar surface area (TPSA) is 68.0 Å². The van der Waals surface area contributed by atoms with E-state index in [4.69, 9.17) is 4.52 Å². The second kappa shape index (κ2) is 5.44. The van der Waals surface area contributed by atoms with Crippen molar-refractivity contribution >= 4 is 5.91 Å². The highest BCUT2D eigenvalue weighted by Gasteiger charge is 2.10. The molecule has 0 aliphatic heterocycles. The third-order valence-corrected chi connectivity index (χ3v) is 2.61. The highest BCUT2D eigenvalue weighted by Crippen LogP contribution is 2.06. The van der Waals surface area contributed by atoms with Gasteiger partial charge in [-0.2, -0.15) is 4.98 Å². The zero-order valence-corrected chi connectivity index (χ0v) is 10.4. The Kier molecular flexibility index (Phi) is 3.72. The summed E-state index contributed by atoms with van der Waals surface area (Å²) >= 11 is 0. The maximum atomic E-state index is 11.9. The van der Waals surface area contributed by atoms with Crippen molar-refractivity contribution in [1.82, 2.24) is 15.5 Å². The molecule has 5 heteroatoms. The maximum Gasteiger partial charge on any atom is 0.251 e. The molecule has 0 bridgehead atoms. The molecule has 5 nitrogen and oxygen atoms in total. The smallest absolute Gasteiger partial charge is 0.251 e. The van der Waals surface area contributed by atoms with Crippen molar-refractivity contribution in [1.29, 1.82) is 0 Å². The van der Waals surface area contributed by atoms with Crippen molar-refractivity contribution in [2.24, 2.45) is 0 Å². The molecule has 94 valence electrons. The lowest BCUT2D eigenvalue weighted by atomic mass is 10.1. The quantitative estimate of drug-likeness (QED) is 0.892. The zero-order valence-electron chi connectivity index (χ0n) is 10.4. The lowest BCUT2D eigenvalue weighted by molar-refractivity contribution is 0.0949. The number of aromatic nitrogens is 2. The molecule has 0 saturated carbocycles. The molecule has 2 aromatic rings. The fourth-order valence-electron chi connectivity index (χ4n) is 1.59. The SMILES string of the molecule is CCc1nc(CNC(=O)c2ccccc2C)no1. The van der Waals surface area contributed by atoms with E-state index < -0.39 is 0 Å². The van der Waals surface area contributed by atoms with Crippen LogP contribution in [0, 0.1) is 6.92 Å². The number of carbonyl (C=O) groups excluding carboxylic acids is 1. The summed E-state index contributed by atoms with van der Waals surface area (Å²) in [7, 11) is 0. The molecule has 0 spiro atoms. The first-order valence-electron chi connectivity index (χ1n) is 5.86. The maximum absolute atomic E-state index is 11.9.